The first-order valence-corrected chi connectivity index (χ1v) is 7.17. The molecule has 0 aromatic heterocycles. The Morgan fingerprint density at radius 2 is 2.05 bits per heavy atom. The Labute approximate surface area is 115 Å². The van der Waals surface area contributed by atoms with Gasteiger partial charge < -0.3 is 16.0 Å². The number of nitrogens with two attached hydrogens (primary N) is 1. The summed E-state index contributed by atoms with van der Waals surface area (Å²) < 4.78 is 0. The smallest absolute Gasteiger partial charge is 0.223 e. The van der Waals surface area contributed by atoms with E-state index in [1.807, 2.05) is 11.8 Å². The molecular formula is C14H27N3O2. The summed E-state index contributed by atoms with van der Waals surface area (Å²) in [4.78, 5) is 25.4. The van der Waals surface area contributed by atoms with E-state index < -0.39 is 0 Å². The first-order chi connectivity index (χ1) is 8.86. The Hall–Kier alpha value is -1.10. The normalized spacial score (nSPS) is 22.1. The second-order valence-corrected chi connectivity index (χ2v) is 6.05. The van der Waals surface area contributed by atoms with Crippen molar-refractivity contribution in [2.24, 2.45) is 11.1 Å². The second-order valence-electron chi connectivity index (χ2n) is 6.05. The largest absolute Gasteiger partial charge is 0.356 e. The monoisotopic (exact) mass is 269 g/mol. The summed E-state index contributed by atoms with van der Waals surface area (Å²) >= 11 is 0. The Morgan fingerprint density at radius 3 is 2.63 bits per heavy atom. The molecule has 0 bridgehead atoms. The second kappa shape index (κ2) is 6.89. The summed E-state index contributed by atoms with van der Waals surface area (Å²) in [5, 5.41) is 2.78. The highest BCUT2D eigenvalue weighted by atomic mass is 16.2. The highest BCUT2D eigenvalue weighted by Crippen LogP contribution is 2.28. The number of likely N-dealkylation sites (tertiary alicyclic amines) is 1. The Bertz CT molecular complexity index is 329. The Balaban J connectivity index is 2.36. The zero-order valence-corrected chi connectivity index (χ0v) is 12.4. The molecule has 5 heteroatoms. The van der Waals surface area contributed by atoms with Crippen LogP contribution in [-0.4, -0.2) is 42.4 Å². The van der Waals surface area contributed by atoms with E-state index in [-0.39, 0.29) is 29.7 Å². The third-order valence-electron chi connectivity index (χ3n) is 3.80. The van der Waals surface area contributed by atoms with Gasteiger partial charge in [-0.25, -0.2) is 0 Å². The molecule has 1 unspecified atom stereocenters. The number of hydrogen-bond donors (Lipinski definition) is 2. The van der Waals surface area contributed by atoms with E-state index in [1.54, 1.807) is 0 Å². The average Bonchev–Trinajstić information content (AvgIpc) is 2.36. The Morgan fingerprint density at radius 1 is 1.37 bits per heavy atom. The summed E-state index contributed by atoms with van der Waals surface area (Å²) in [5.74, 6) is 0.0230. The molecule has 0 spiro atoms. The molecule has 1 aliphatic heterocycles. The molecule has 110 valence electrons. The van der Waals surface area contributed by atoms with Crippen LogP contribution in [0.5, 0.6) is 0 Å². The van der Waals surface area contributed by atoms with Crippen molar-refractivity contribution in [3.05, 3.63) is 0 Å². The predicted octanol–water partition coefficient (Wildman–Crippen LogP) is 0.879. The topological polar surface area (TPSA) is 75.4 Å². The van der Waals surface area contributed by atoms with Crippen LogP contribution in [0.4, 0.5) is 0 Å². The number of hydrogen-bond acceptors (Lipinski definition) is 3. The molecule has 0 aromatic carbocycles. The van der Waals surface area contributed by atoms with Crippen LogP contribution in [0, 0.1) is 5.41 Å². The van der Waals surface area contributed by atoms with Crippen LogP contribution in [0.2, 0.25) is 0 Å². The van der Waals surface area contributed by atoms with Crippen molar-refractivity contribution >= 4 is 11.8 Å². The van der Waals surface area contributed by atoms with Gasteiger partial charge in [0, 0.05) is 38.5 Å². The molecule has 1 atom stereocenters. The van der Waals surface area contributed by atoms with E-state index in [2.05, 4.69) is 19.2 Å². The first kappa shape index (κ1) is 16.0. The minimum atomic E-state index is -0.0433. The van der Waals surface area contributed by atoms with Gasteiger partial charge in [-0.1, -0.05) is 20.8 Å². The van der Waals surface area contributed by atoms with Crippen molar-refractivity contribution < 1.29 is 9.59 Å². The summed E-state index contributed by atoms with van der Waals surface area (Å²) in [6, 6.07) is 0.143. The van der Waals surface area contributed by atoms with Gasteiger partial charge in [-0.2, -0.15) is 0 Å². The number of nitrogens with one attached hydrogen (secondary N) is 1. The molecule has 1 fully saturated rings. The SMILES string of the molecule is CCCNC(=O)CCC(=O)N1CCC(N)C(C)(C)C1. The van der Waals surface area contributed by atoms with Crippen LogP contribution in [0.3, 0.4) is 0 Å². The van der Waals surface area contributed by atoms with Crippen LogP contribution >= 0.6 is 0 Å². The maximum atomic E-state index is 12.1. The van der Waals surface area contributed by atoms with Crippen LogP contribution in [-0.2, 0) is 9.59 Å². The molecule has 0 saturated carbocycles. The lowest BCUT2D eigenvalue weighted by molar-refractivity contribution is -0.136. The molecule has 1 rings (SSSR count). The minimum absolute atomic E-state index is 0.0387. The number of rotatable bonds is 5. The quantitative estimate of drug-likeness (QED) is 0.778. The first-order valence-electron chi connectivity index (χ1n) is 7.17. The van der Waals surface area contributed by atoms with Crippen molar-refractivity contribution in [1.82, 2.24) is 10.2 Å². The maximum Gasteiger partial charge on any atom is 0.223 e. The van der Waals surface area contributed by atoms with Crippen LogP contribution in [0.1, 0.15) is 46.5 Å². The van der Waals surface area contributed by atoms with E-state index in [4.69, 9.17) is 5.73 Å². The molecule has 19 heavy (non-hydrogen) atoms. The zero-order valence-electron chi connectivity index (χ0n) is 12.4. The molecule has 0 radical (unpaired) electrons. The van der Waals surface area contributed by atoms with Crippen molar-refractivity contribution in [3.8, 4) is 0 Å². The molecule has 0 aromatic rings. The maximum absolute atomic E-state index is 12.1. The number of amides is 2. The van der Waals surface area contributed by atoms with Gasteiger partial charge in [-0.3, -0.25) is 9.59 Å². The van der Waals surface area contributed by atoms with Gasteiger partial charge in [-0.15, -0.1) is 0 Å². The van der Waals surface area contributed by atoms with Crippen LogP contribution in [0.15, 0.2) is 0 Å². The number of carbonyl (C=O) groups excluding carboxylic acids is 2. The highest BCUT2D eigenvalue weighted by Gasteiger charge is 2.35. The lowest BCUT2D eigenvalue weighted by Crippen LogP contribution is -2.54. The lowest BCUT2D eigenvalue weighted by Gasteiger charge is -2.42. The zero-order chi connectivity index (χ0) is 14.5. The van der Waals surface area contributed by atoms with E-state index >= 15 is 0 Å². The van der Waals surface area contributed by atoms with Crippen LogP contribution < -0.4 is 11.1 Å². The van der Waals surface area contributed by atoms with Gasteiger partial charge in [0.1, 0.15) is 0 Å². The third-order valence-corrected chi connectivity index (χ3v) is 3.80. The molecule has 5 nitrogen and oxygen atoms in total. The van der Waals surface area contributed by atoms with Gasteiger partial charge >= 0.3 is 0 Å². The highest BCUT2D eigenvalue weighted by molar-refractivity contribution is 5.83. The van der Waals surface area contributed by atoms with Crippen LogP contribution in [0.25, 0.3) is 0 Å². The summed E-state index contributed by atoms with van der Waals surface area (Å²) in [6.07, 6.45) is 2.32. The number of piperidine rings is 1. The van der Waals surface area contributed by atoms with Gasteiger partial charge in [0.15, 0.2) is 0 Å². The molecule has 0 aliphatic carbocycles. The summed E-state index contributed by atoms with van der Waals surface area (Å²) in [7, 11) is 0. The van der Waals surface area contributed by atoms with E-state index in [0.29, 0.717) is 26.1 Å². The van der Waals surface area contributed by atoms with E-state index in [0.717, 1.165) is 12.8 Å². The summed E-state index contributed by atoms with van der Waals surface area (Å²) in [5.41, 5.74) is 6.01. The van der Waals surface area contributed by atoms with Crippen molar-refractivity contribution in [2.45, 2.75) is 52.5 Å². The lowest BCUT2D eigenvalue weighted by atomic mass is 9.79. The molecule has 1 aliphatic rings. The van der Waals surface area contributed by atoms with Gasteiger partial charge in [-0.05, 0) is 18.3 Å². The van der Waals surface area contributed by atoms with E-state index in [1.165, 1.54) is 0 Å². The number of carbonyl (C=O) groups is 2. The molecule has 1 saturated heterocycles. The van der Waals surface area contributed by atoms with Crippen molar-refractivity contribution in [2.75, 3.05) is 19.6 Å². The van der Waals surface area contributed by atoms with Gasteiger partial charge in [0.05, 0.1) is 0 Å². The Kier molecular flexibility index (Phi) is 5.79. The van der Waals surface area contributed by atoms with Gasteiger partial charge in [0.25, 0.3) is 0 Å². The fourth-order valence-electron chi connectivity index (χ4n) is 2.32. The molecule has 2 amide bonds. The minimum Gasteiger partial charge on any atom is -0.356 e. The van der Waals surface area contributed by atoms with Crippen molar-refractivity contribution in [1.29, 1.82) is 0 Å². The van der Waals surface area contributed by atoms with Crippen molar-refractivity contribution in [3.63, 3.8) is 0 Å². The molecular weight excluding hydrogens is 242 g/mol. The third kappa shape index (κ3) is 4.82. The molecule has 1 heterocycles. The summed E-state index contributed by atoms with van der Waals surface area (Å²) in [6.45, 7) is 8.25. The number of nitrogens with zero attached hydrogens (tertiary/aromatic N) is 1. The standard InChI is InChI=1S/C14H27N3O2/c1-4-8-16-12(18)5-6-13(19)17-9-7-11(15)14(2,3)10-17/h11H,4-10,15H2,1-3H3,(H,16,18). The fraction of sp³-hybridized carbons (Fsp3) is 0.857. The molecule has 3 N–H and O–H groups in total. The van der Waals surface area contributed by atoms with Gasteiger partial charge in [0.2, 0.25) is 11.8 Å². The van der Waals surface area contributed by atoms with E-state index in [9.17, 15) is 9.59 Å². The fourth-order valence-corrected chi connectivity index (χ4v) is 2.32. The average molecular weight is 269 g/mol. The predicted molar refractivity (Wildman–Crippen MR) is 75.5 cm³/mol.